The molecule has 2 aromatic rings. The maximum absolute atomic E-state index is 12.5. The molecule has 1 fully saturated rings. The molecule has 3 N–H and O–H groups in total. The number of carbonyl (C=O) groups is 2. The van der Waals surface area contributed by atoms with Crippen molar-refractivity contribution in [1.82, 2.24) is 15.6 Å². The van der Waals surface area contributed by atoms with Crippen LogP contribution in [-0.2, 0) is 20.7 Å². The number of nitrogens with zero attached hydrogens (tertiary/aromatic N) is 2. The van der Waals surface area contributed by atoms with Crippen molar-refractivity contribution >= 4 is 29.1 Å². The first-order chi connectivity index (χ1) is 18.4. The van der Waals surface area contributed by atoms with Crippen LogP contribution in [0.5, 0.6) is 11.5 Å². The molecule has 2 aliphatic heterocycles. The third-order valence-corrected chi connectivity index (χ3v) is 6.65. The van der Waals surface area contributed by atoms with Crippen LogP contribution in [0.25, 0.3) is 0 Å². The van der Waals surface area contributed by atoms with Gasteiger partial charge >= 0.3 is 0 Å². The second-order valence-corrected chi connectivity index (χ2v) is 9.69. The number of benzene rings is 2. The highest BCUT2D eigenvalue weighted by Crippen LogP contribution is 2.27. The van der Waals surface area contributed by atoms with Gasteiger partial charge in [-0.25, -0.2) is 5.43 Å². The van der Waals surface area contributed by atoms with E-state index in [2.05, 4.69) is 15.8 Å². The molecule has 1 atom stereocenters. The quantitative estimate of drug-likeness (QED) is 0.351. The molecule has 4 rings (SSSR count). The van der Waals surface area contributed by atoms with Gasteiger partial charge in [0.05, 0.1) is 17.3 Å². The fourth-order valence-corrected chi connectivity index (χ4v) is 4.28. The van der Waals surface area contributed by atoms with Gasteiger partial charge in [0.25, 0.3) is 5.91 Å². The fourth-order valence-electron chi connectivity index (χ4n) is 4.05. The normalized spacial score (nSPS) is 16.3. The van der Waals surface area contributed by atoms with E-state index in [1.807, 2.05) is 24.3 Å². The summed E-state index contributed by atoms with van der Waals surface area (Å²) in [6, 6.07) is 13.1. The average Bonchev–Trinajstić information content (AvgIpc) is 2.90. The van der Waals surface area contributed by atoms with Crippen LogP contribution < -0.4 is 20.2 Å². The van der Waals surface area contributed by atoms with Gasteiger partial charge in [0.1, 0.15) is 24.2 Å². The topological polar surface area (TPSA) is 122 Å². The van der Waals surface area contributed by atoms with Gasteiger partial charge in [-0.15, -0.1) is 0 Å². The van der Waals surface area contributed by atoms with Crippen molar-refractivity contribution in [2.75, 3.05) is 46.6 Å². The molecule has 2 heterocycles. The highest BCUT2D eigenvalue weighted by Gasteiger charge is 2.31. The van der Waals surface area contributed by atoms with Gasteiger partial charge in [-0.3, -0.25) is 9.59 Å². The van der Waals surface area contributed by atoms with E-state index in [1.54, 1.807) is 30.2 Å². The van der Waals surface area contributed by atoms with Gasteiger partial charge in [-0.1, -0.05) is 23.7 Å². The lowest BCUT2D eigenvalue weighted by molar-refractivity contribution is -0.138. The second-order valence-electron chi connectivity index (χ2n) is 9.28. The number of hydrogen-bond donors (Lipinski definition) is 3. The molecule has 2 amide bonds. The van der Waals surface area contributed by atoms with Gasteiger partial charge < -0.3 is 29.5 Å². The van der Waals surface area contributed by atoms with Crippen LogP contribution >= 0.6 is 11.6 Å². The molecule has 0 aromatic heterocycles. The van der Waals surface area contributed by atoms with Crippen molar-refractivity contribution in [3.05, 3.63) is 58.6 Å². The van der Waals surface area contributed by atoms with Crippen LogP contribution in [0, 0.1) is 0 Å². The lowest BCUT2D eigenvalue weighted by Gasteiger charge is -2.40. The summed E-state index contributed by atoms with van der Waals surface area (Å²) in [4.78, 5) is 25.4. The van der Waals surface area contributed by atoms with E-state index in [4.69, 9.17) is 25.8 Å². The predicted octanol–water partition coefficient (Wildman–Crippen LogP) is 1.76. The molecular formula is C27H33ClN4O6. The third-order valence-electron chi connectivity index (χ3n) is 6.36. The zero-order valence-electron chi connectivity index (χ0n) is 21.3. The molecule has 38 heavy (non-hydrogen) atoms. The minimum atomic E-state index is -0.669. The summed E-state index contributed by atoms with van der Waals surface area (Å²) in [5.41, 5.74) is 5.18. The number of hydrogen-bond acceptors (Lipinski definition) is 8. The maximum Gasteiger partial charge on any atom is 0.260 e. The Labute approximate surface area is 226 Å². The lowest BCUT2D eigenvalue weighted by Crippen LogP contribution is -2.61. The SMILES string of the molecule is COCCc1ccc(OCC(O)CNC2CN(C(=O)COc3ccc(C4=NNC(=O)CC4)cc3Cl)C2)cc1. The van der Waals surface area contributed by atoms with Crippen molar-refractivity contribution in [2.45, 2.75) is 31.4 Å². The summed E-state index contributed by atoms with van der Waals surface area (Å²) in [6.45, 7) is 2.17. The molecule has 0 saturated carbocycles. The molecule has 2 aliphatic rings. The summed E-state index contributed by atoms with van der Waals surface area (Å²) >= 11 is 6.33. The van der Waals surface area contributed by atoms with E-state index < -0.39 is 6.10 Å². The number of carbonyl (C=O) groups excluding carboxylic acids is 2. The molecule has 11 heteroatoms. The largest absolute Gasteiger partial charge is 0.491 e. The number of likely N-dealkylation sites (tertiary alicyclic amines) is 1. The third kappa shape index (κ3) is 7.91. The highest BCUT2D eigenvalue weighted by atomic mass is 35.5. The van der Waals surface area contributed by atoms with Crippen molar-refractivity contribution in [2.24, 2.45) is 5.10 Å². The van der Waals surface area contributed by atoms with Gasteiger partial charge in [-0.2, -0.15) is 5.10 Å². The van der Waals surface area contributed by atoms with Gasteiger partial charge in [0.2, 0.25) is 5.91 Å². The Morgan fingerprint density at radius 1 is 1.21 bits per heavy atom. The van der Waals surface area contributed by atoms with Crippen molar-refractivity contribution in [1.29, 1.82) is 0 Å². The summed E-state index contributed by atoms with van der Waals surface area (Å²) < 4.78 is 16.4. The van der Waals surface area contributed by atoms with Gasteiger partial charge in [0, 0.05) is 45.6 Å². The van der Waals surface area contributed by atoms with Crippen molar-refractivity contribution in [3.8, 4) is 11.5 Å². The lowest BCUT2D eigenvalue weighted by atomic mass is 10.0. The Balaban J connectivity index is 1.11. The fraction of sp³-hybridized carbons (Fsp3) is 0.444. The zero-order valence-corrected chi connectivity index (χ0v) is 22.1. The van der Waals surface area contributed by atoms with Gasteiger partial charge in [0.15, 0.2) is 6.61 Å². The first-order valence-electron chi connectivity index (χ1n) is 12.6. The van der Waals surface area contributed by atoms with E-state index in [9.17, 15) is 14.7 Å². The van der Waals surface area contributed by atoms with Gasteiger partial charge in [-0.05, 0) is 47.9 Å². The molecule has 0 bridgehead atoms. The number of aliphatic hydroxyl groups excluding tert-OH is 1. The molecule has 204 valence electrons. The van der Waals surface area contributed by atoms with Crippen LogP contribution in [0.3, 0.4) is 0 Å². The average molecular weight is 545 g/mol. The molecule has 0 spiro atoms. The van der Waals surface area contributed by atoms with Crippen LogP contribution in [-0.4, -0.2) is 86.2 Å². The number of rotatable bonds is 13. The monoisotopic (exact) mass is 544 g/mol. The van der Waals surface area contributed by atoms with Crippen LogP contribution in [0.4, 0.5) is 0 Å². The van der Waals surface area contributed by atoms with Crippen LogP contribution in [0.15, 0.2) is 47.6 Å². The van der Waals surface area contributed by atoms with Crippen molar-refractivity contribution < 1.29 is 28.9 Å². The molecule has 10 nitrogen and oxygen atoms in total. The van der Waals surface area contributed by atoms with E-state index >= 15 is 0 Å². The maximum atomic E-state index is 12.5. The smallest absolute Gasteiger partial charge is 0.260 e. The first kappa shape index (κ1) is 27.8. The first-order valence-corrected chi connectivity index (χ1v) is 13.0. The zero-order chi connectivity index (χ0) is 26.9. The Kier molecular flexibility index (Phi) is 9.94. The number of hydrazone groups is 1. The summed E-state index contributed by atoms with van der Waals surface area (Å²) in [6.07, 6.45) is 1.10. The summed E-state index contributed by atoms with van der Waals surface area (Å²) in [5.74, 6) is 0.868. The molecule has 1 unspecified atom stereocenters. The predicted molar refractivity (Wildman–Crippen MR) is 143 cm³/mol. The Hall–Kier alpha value is -3.18. The molecule has 0 aliphatic carbocycles. The number of halogens is 1. The Morgan fingerprint density at radius 2 is 2.00 bits per heavy atom. The van der Waals surface area contributed by atoms with E-state index in [0.29, 0.717) is 55.6 Å². The molecule has 0 radical (unpaired) electrons. The van der Waals surface area contributed by atoms with Crippen molar-refractivity contribution in [3.63, 3.8) is 0 Å². The standard InChI is InChI=1S/C27H33ClN4O6/c1-36-11-10-18-2-5-22(6-3-18)37-16-21(33)13-29-20-14-32(15-20)27(35)17-38-25-8-4-19(12-23(25)28)24-7-9-26(34)31-30-24/h2-6,8,12,20-21,29,33H,7,9-11,13-17H2,1H3,(H,31,34). The summed E-state index contributed by atoms with van der Waals surface area (Å²) in [7, 11) is 1.68. The minimum Gasteiger partial charge on any atom is -0.491 e. The summed E-state index contributed by atoms with van der Waals surface area (Å²) in [5, 5.41) is 17.9. The number of amides is 2. The number of ether oxygens (including phenoxy) is 3. The number of methoxy groups -OCH3 is 1. The molecule has 1 saturated heterocycles. The van der Waals surface area contributed by atoms with Crippen LogP contribution in [0.1, 0.15) is 24.0 Å². The highest BCUT2D eigenvalue weighted by molar-refractivity contribution is 6.32. The number of aliphatic hydroxyl groups is 1. The number of nitrogens with one attached hydrogen (secondary N) is 2. The minimum absolute atomic E-state index is 0.105. The Morgan fingerprint density at radius 3 is 2.68 bits per heavy atom. The van der Waals surface area contributed by atoms with E-state index in [-0.39, 0.29) is 31.1 Å². The molecular weight excluding hydrogens is 512 g/mol. The van der Waals surface area contributed by atoms with Crippen LogP contribution in [0.2, 0.25) is 5.02 Å². The molecule has 2 aromatic carbocycles. The Bertz CT molecular complexity index is 1140. The van der Waals surface area contributed by atoms with E-state index in [0.717, 1.165) is 17.7 Å². The van der Waals surface area contributed by atoms with E-state index in [1.165, 1.54) is 5.56 Å². The second kappa shape index (κ2) is 13.6.